The molecule has 2 atom stereocenters. The second kappa shape index (κ2) is 3.40. The molecule has 0 heterocycles. The van der Waals surface area contributed by atoms with E-state index >= 15 is 0 Å². The predicted octanol–water partition coefficient (Wildman–Crippen LogP) is 4.10. The van der Waals surface area contributed by atoms with E-state index in [1.165, 1.54) is 19.3 Å². The van der Waals surface area contributed by atoms with Gasteiger partial charge in [-0.1, -0.05) is 34.6 Å². The van der Waals surface area contributed by atoms with Crippen LogP contribution >= 0.6 is 0 Å². The zero-order valence-electron chi connectivity index (χ0n) is 9.35. The molecule has 0 aromatic rings. The number of hydrogen-bond acceptors (Lipinski definition) is 0. The third-order valence-electron chi connectivity index (χ3n) is 3.27. The van der Waals surface area contributed by atoms with E-state index in [-0.39, 0.29) is 0 Å². The first-order chi connectivity index (χ1) is 5.41. The van der Waals surface area contributed by atoms with Crippen molar-refractivity contribution in [1.29, 1.82) is 0 Å². The lowest BCUT2D eigenvalue weighted by Crippen LogP contribution is -2.07. The van der Waals surface area contributed by atoms with E-state index in [0.29, 0.717) is 5.41 Å². The Labute approximate surface area is 77.7 Å². The fourth-order valence-electron chi connectivity index (χ4n) is 2.95. The van der Waals surface area contributed by atoms with Gasteiger partial charge in [-0.25, -0.2) is 0 Å². The smallest absolute Gasteiger partial charge is 0.0349 e. The minimum atomic E-state index is 0.624. The summed E-state index contributed by atoms with van der Waals surface area (Å²) >= 11 is 0. The molecular formula is C12H24. The van der Waals surface area contributed by atoms with Crippen LogP contribution in [0.25, 0.3) is 0 Å². The molecule has 72 valence electrons. The molecule has 1 aliphatic rings. The van der Waals surface area contributed by atoms with Crippen LogP contribution in [0.4, 0.5) is 0 Å². The fourth-order valence-corrected chi connectivity index (χ4v) is 2.95. The zero-order chi connectivity index (χ0) is 9.35. The molecule has 1 rings (SSSR count). The van der Waals surface area contributed by atoms with E-state index in [2.05, 4.69) is 34.6 Å². The lowest BCUT2D eigenvalue weighted by atomic mass is 9.87. The number of rotatable bonds is 2. The minimum absolute atomic E-state index is 0.624. The van der Waals surface area contributed by atoms with Crippen molar-refractivity contribution in [3.8, 4) is 0 Å². The second-order valence-corrected chi connectivity index (χ2v) is 5.94. The van der Waals surface area contributed by atoms with E-state index in [1.54, 1.807) is 0 Å². The van der Waals surface area contributed by atoms with Crippen molar-refractivity contribution in [3.63, 3.8) is 0 Å². The molecule has 0 saturated heterocycles. The standard InChI is InChI=1S/C12H24/c1-9(2)6-11-8-12(4,5)7-10(11)3/h9-11H,6-8H2,1-5H3. The Hall–Kier alpha value is 0. The molecule has 0 spiro atoms. The summed E-state index contributed by atoms with van der Waals surface area (Å²) < 4.78 is 0. The Bertz CT molecular complexity index is 144. The van der Waals surface area contributed by atoms with Crippen LogP contribution in [0.5, 0.6) is 0 Å². The predicted molar refractivity (Wildman–Crippen MR) is 55.1 cm³/mol. The third kappa shape index (κ3) is 2.50. The minimum Gasteiger partial charge on any atom is -0.0628 e. The first-order valence-corrected chi connectivity index (χ1v) is 5.41. The molecule has 0 heteroatoms. The van der Waals surface area contributed by atoms with Gasteiger partial charge in [-0.2, -0.15) is 0 Å². The van der Waals surface area contributed by atoms with Crippen LogP contribution in [-0.4, -0.2) is 0 Å². The maximum absolute atomic E-state index is 2.43. The summed E-state index contributed by atoms with van der Waals surface area (Å²) in [5.74, 6) is 2.84. The van der Waals surface area contributed by atoms with Crippen LogP contribution in [0.2, 0.25) is 0 Å². The van der Waals surface area contributed by atoms with E-state index in [1.807, 2.05) is 0 Å². The van der Waals surface area contributed by atoms with E-state index < -0.39 is 0 Å². The molecule has 1 aliphatic carbocycles. The molecule has 1 saturated carbocycles. The lowest BCUT2D eigenvalue weighted by Gasteiger charge is -2.18. The van der Waals surface area contributed by atoms with Gasteiger partial charge < -0.3 is 0 Å². The Morgan fingerprint density at radius 3 is 2.17 bits per heavy atom. The van der Waals surface area contributed by atoms with Crippen molar-refractivity contribution >= 4 is 0 Å². The van der Waals surface area contributed by atoms with Gasteiger partial charge in [0.2, 0.25) is 0 Å². The van der Waals surface area contributed by atoms with Crippen LogP contribution in [0, 0.1) is 23.2 Å². The first-order valence-electron chi connectivity index (χ1n) is 5.41. The van der Waals surface area contributed by atoms with Gasteiger partial charge in [0.1, 0.15) is 0 Å². The second-order valence-electron chi connectivity index (χ2n) is 5.94. The molecule has 1 fully saturated rings. The van der Waals surface area contributed by atoms with Gasteiger partial charge in [-0.05, 0) is 42.4 Å². The average Bonchev–Trinajstić information content (AvgIpc) is 2.03. The Morgan fingerprint density at radius 1 is 1.25 bits per heavy atom. The molecule has 0 nitrogen and oxygen atoms in total. The molecule has 0 radical (unpaired) electrons. The summed E-state index contributed by atoms with van der Waals surface area (Å²) in [6.45, 7) is 12.0. The van der Waals surface area contributed by atoms with E-state index in [0.717, 1.165) is 17.8 Å². The van der Waals surface area contributed by atoms with Crippen LogP contribution < -0.4 is 0 Å². The maximum Gasteiger partial charge on any atom is -0.0349 e. The van der Waals surface area contributed by atoms with Gasteiger partial charge in [0.25, 0.3) is 0 Å². The van der Waals surface area contributed by atoms with E-state index in [9.17, 15) is 0 Å². The molecule has 0 aromatic heterocycles. The molecule has 2 unspecified atom stereocenters. The molecule has 0 N–H and O–H groups in total. The van der Waals surface area contributed by atoms with Crippen molar-refractivity contribution in [2.24, 2.45) is 23.2 Å². The largest absolute Gasteiger partial charge is 0.0628 e. The molecular weight excluding hydrogens is 144 g/mol. The maximum atomic E-state index is 2.43. The van der Waals surface area contributed by atoms with Crippen LogP contribution in [0.1, 0.15) is 53.9 Å². The Morgan fingerprint density at radius 2 is 1.83 bits per heavy atom. The topological polar surface area (TPSA) is 0 Å². The summed E-state index contributed by atoms with van der Waals surface area (Å²) in [7, 11) is 0. The summed E-state index contributed by atoms with van der Waals surface area (Å²) in [6.07, 6.45) is 4.32. The fraction of sp³-hybridized carbons (Fsp3) is 1.00. The van der Waals surface area contributed by atoms with Crippen LogP contribution in [0.3, 0.4) is 0 Å². The zero-order valence-corrected chi connectivity index (χ0v) is 9.35. The van der Waals surface area contributed by atoms with Crippen molar-refractivity contribution in [3.05, 3.63) is 0 Å². The number of hydrogen-bond donors (Lipinski definition) is 0. The van der Waals surface area contributed by atoms with Gasteiger partial charge in [0, 0.05) is 0 Å². The Kier molecular flexibility index (Phi) is 2.85. The van der Waals surface area contributed by atoms with Gasteiger partial charge in [0.05, 0.1) is 0 Å². The van der Waals surface area contributed by atoms with E-state index in [4.69, 9.17) is 0 Å². The highest BCUT2D eigenvalue weighted by molar-refractivity contribution is 4.86. The summed E-state index contributed by atoms with van der Waals surface area (Å²) in [6, 6.07) is 0. The first kappa shape index (κ1) is 10.1. The average molecular weight is 168 g/mol. The quantitative estimate of drug-likeness (QED) is 0.582. The Balaban J connectivity index is 2.47. The summed E-state index contributed by atoms with van der Waals surface area (Å²) in [5.41, 5.74) is 0.624. The molecule has 0 amide bonds. The molecule has 12 heavy (non-hydrogen) atoms. The summed E-state index contributed by atoms with van der Waals surface area (Å²) in [4.78, 5) is 0. The highest BCUT2D eigenvalue weighted by Gasteiger charge is 2.36. The molecule has 0 aromatic carbocycles. The monoisotopic (exact) mass is 168 g/mol. The van der Waals surface area contributed by atoms with Crippen molar-refractivity contribution < 1.29 is 0 Å². The van der Waals surface area contributed by atoms with Crippen molar-refractivity contribution in [2.75, 3.05) is 0 Å². The highest BCUT2D eigenvalue weighted by atomic mass is 14.4. The van der Waals surface area contributed by atoms with Gasteiger partial charge in [0.15, 0.2) is 0 Å². The van der Waals surface area contributed by atoms with Gasteiger partial charge in [-0.3, -0.25) is 0 Å². The van der Waals surface area contributed by atoms with Crippen molar-refractivity contribution in [2.45, 2.75) is 53.9 Å². The molecule has 0 bridgehead atoms. The van der Waals surface area contributed by atoms with Gasteiger partial charge in [-0.15, -0.1) is 0 Å². The third-order valence-corrected chi connectivity index (χ3v) is 3.27. The molecule has 0 aliphatic heterocycles. The van der Waals surface area contributed by atoms with Crippen LogP contribution in [-0.2, 0) is 0 Å². The normalized spacial score (nSPS) is 34.5. The van der Waals surface area contributed by atoms with Crippen molar-refractivity contribution in [1.82, 2.24) is 0 Å². The highest BCUT2D eigenvalue weighted by Crippen LogP contribution is 2.46. The lowest BCUT2D eigenvalue weighted by molar-refractivity contribution is 0.327. The van der Waals surface area contributed by atoms with Crippen LogP contribution in [0.15, 0.2) is 0 Å². The van der Waals surface area contributed by atoms with Gasteiger partial charge >= 0.3 is 0 Å². The SMILES string of the molecule is CC(C)CC1CC(C)(C)CC1C. The summed E-state index contributed by atoms with van der Waals surface area (Å²) in [5, 5.41) is 0.